The predicted octanol–water partition coefficient (Wildman–Crippen LogP) is 3.10. The zero-order valence-corrected chi connectivity index (χ0v) is 14.6. The third-order valence-electron chi connectivity index (χ3n) is 4.84. The van der Waals surface area contributed by atoms with Gasteiger partial charge in [-0.05, 0) is 46.0 Å². The summed E-state index contributed by atoms with van der Waals surface area (Å²) in [6.45, 7) is 7.80. The zero-order chi connectivity index (χ0) is 16.8. The molecule has 0 heterocycles. The van der Waals surface area contributed by atoms with E-state index in [1.807, 2.05) is 13.8 Å². The van der Waals surface area contributed by atoms with Gasteiger partial charge in [-0.25, -0.2) is 4.79 Å². The number of ether oxygens (including phenoxy) is 3. The first kappa shape index (κ1) is 18.9. The van der Waals surface area contributed by atoms with Crippen molar-refractivity contribution < 1.29 is 23.8 Å². The van der Waals surface area contributed by atoms with Crippen LogP contribution in [0.5, 0.6) is 0 Å². The van der Waals surface area contributed by atoms with Crippen molar-refractivity contribution >= 4 is 11.9 Å². The number of esters is 2. The monoisotopic (exact) mass is 314 g/mol. The summed E-state index contributed by atoms with van der Waals surface area (Å²) in [7, 11) is 1.65. The predicted molar refractivity (Wildman–Crippen MR) is 83.4 cm³/mol. The molecular formula is C17H30O5. The number of carbonyl (C=O) groups excluding carboxylic acids is 2. The molecular weight excluding hydrogens is 284 g/mol. The van der Waals surface area contributed by atoms with Gasteiger partial charge >= 0.3 is 11.9 Å². The van der Waals surface area contributed by atoms with Crippen LogP contribution in [0.4, 0.5) is 0 Å². The lowest BCUT2D eigenvalue weighted by molar-refractivity contribution is -0.178. The van der Waals surface area contributed by atoms with Gasteiger partial charge in [0.1, 0.15) is 5.60 Å². The van der Waals surface area contributed by atoms with E-state index < -0.39 is 17.0 Å². The van der Waals surface area contributed by atoms with E-state index in [1.54, 1.807) is 21.0 Å². The Kier molecular flexibility index (Phi) is 6.85. The molecule has 0 bridgehead atoms. The van der Waals surface area contributed by atoms with Gasteiger partial charge in [0.2, 0.25) is 0 Å². The first-order valence-electron chi connectivity index (χ1n) is 8.15. The molecule has 0 aromatic rings. The summed E-state index contributed by atoms with van der Waals surface area (Å²) in [5.74, 6) is -0.700. The highest BCUT2D eigenvalue weighted by Crippen LogP contribution is 2.39. The fourth-order valence-corrected chi connectivity index (χ4v) is 2.79. The normalized spacial score (nSPS) is 18.8. The summed E-state index contributed by atoms with van der Waals surface area (Å²) < 4.78 is 16.0. The molecule has 0 spiro atoms. The van der Waals surface area contributed by atoms with Gasteiger partial charge in [-0.15, -0.1) is 0 Å². The van der Waals surface area contributed by atoms with Gasteiger partial charge in [-0.1, -0.05) is 13.8 Å². The van der Waals surface area contributed by atoms with Crippen LogP contribution in [-0.4, -0.2) is 37.9 Å². The standard InChI is InChI=1S/C17H30O5/c1-6-16(3,4)15(19)21-12-14(18)22-17(9-7-8-10-17)13(2)11-20-5/h13H,6-12H2,1-5H3. The molecule has 1 rings (SSSR count). The lowest BCUT2D eigenvalue weighted by Crippen LogP contribution is -2.42. The van der Waals surface area contributed by atoms with E-state index >= 15 is 0 Å². The van der Waals surface area contributed by atoms with Gasteiger partial charge in [-0.2, -0.15) is 0 Å². The quantitative estimate of drug-likeness (QED) is 0.644. The van der Waals surface area contributed by atoms with E-state index in [0.717, 1.165) is 25.7 Å². The maximum absolute atomic E-state index is 12.1. The highest BCUT2D eigenvalue weighted by molar-refractivity contribution is 5.79. The maximum atomic E-state index is 12.1. The molecule has 1 atom stereocenters. The highest BCUT2D eigenvalue weighted by Gasteiger charge is 2.43. The fraction of sp³-hybridized carbons (Fsp3) is 0.882. The molecule has 1 fully saturated rings. The summed E-state index contributed by atoms with van der Waals surface area (Å²) >= 11 is 0. The Hall–Kier alpha value is -1.10. The van der Waals surface area contributed by atoms with Crippen LogP contribution < -0.4 is 0 Å². The van der Waals surface area contributed by atoms with Gasteiger partial charge in [0.05, 0.1) is 12.0 Å². The molecule has 1 saturated carbocycles. The molecule has 0 radical (unpaired) electrons. The Morgan fingerprint density at radius 1 is 1.23 bits per heavy atom. The molecule has 1 aliphatic rings. The Bertz CT molecular complexity index is 383. The van der Waals surface area contributed by atoms with Crippen molar-refractivity contribution in [2.45, 2.75) is 65.4 Å². The minimum absolute atomic E-state index is 0.131. The summed E-state index contributed by atoms with van der Waals surface area (Å²) in [5.41, 5.74) is -1.05. The topological polar surface area (TPSA) is 61.8 Å². The van der Waals surface area contributed by atoms with Crippen molar-refractivity contribution in [2.24, 2.45) is 11.3 Å². The average Bonchev–Trinajstić information content (AvgIpc) is 2.94. The van der Waals surface area contributed by atoms with Crippen LogP contribution in [0.25, 0.3) is 0 Å². The molecule has 5 heteroatoms. The van der Waals surface area contributed by atoms with Crippen LogP contribution in [0.2, 0.25) is 0 Å². The first-order chi connectivity index (χ1) is 10.3. The van der Waals surface area contributed by atoms with Crippen molar-refractivity contribution in [3.63, 3.8) is 0 Å². The molecule has 1 unspecified atom stereocenters. The zero-order valence-electron chi connectivity index (χ0n) is 14.6. The molecule has 5 nitrogen and oxygen atoms in total. The SMILES string of the molecule is CCC(C)(C)C(=O)OCC(=O)OC1(C(C)COC)CCCC1. The molecule has 0 aromatic heterocycles. The molecule has 0 amide bonds. The molecule has 0 N–H and O–H groups in total. The van der Waals surface area contributed by atoms with Crippen LogP contribution >= 0.6 is 0 Å². The third kappa shape index (κ3) is 4.70. The minimum atomic E-state index is -0.575. The Labute approximate surface area is 133 Å². The van der Waals surface area contributed by atoms with Crippen molar-refractivity contribution in [1.82, 2.24) is 0 Å². The fourth-order valence-electron chi connectivity index (χ4n) is 2.79. The summed E-state index contributed by atoms with van der Waals surface area (Å²) in [5, 5.41) is 0. The molecule has 0 saturated heterocycles. The van der Waals surface area contributed by atoms with Crippen LogP contribution in [-0.2, 0) is 23.8 Å². The largest absolute Gasteiger partial charge is 0.456 e. The Morgan fingerprint density at radius 2 is 1.82 bits per heavy atom. The third-order valence-corrected chi connectivity index (χ3v) is 4.84. The molecule has 1 aliphatic carbocycles. The molecule has 0 aromatic carbocycles. The summed E-state index contributed by atoms with van der Waals surface area (Å²) in [4.78, 5) is 24.0. The van der Waals surface area contributed by atoms with Crippen molar-refractivity contribution in [3.8, 4) is 0 Å². The molecule has 22 heavy (non-hydrogen) atoms. The Morgan fingerprint density at radius 3 is 2.32 bits per heavy atom. The lowest BCUT2D eigenvalue weighted by Gasteiger charge is -2.34. The molecule has 0 aliphatic heterocycles. The lowest BCUT2D eigenvalue weighted by atomic mass is 9.87. The van der Waals surface area contributed by atoms with Gasteiger partial charge in [0, 0.05) is 13.0 Å². The number of hydrogen-bond acceptors (Lipinski definition) is 5. The average molecular weight is 314 g/mol. The Balaban J connectivity index is 2.56. The minimum Gasteiger partial charge on any atom is -0.456 e. The molecule has 128 valence electrons. The van der Waals surface area contributed by atoms with E-state index in [1.165, 1.54) is 0 Å². The second kappa shape index (κ2) is 7.95. The number of carbonyl (C=O) groups is 2. The smallest absolute Gasteiger partial charge is 0.344 e. The van der Waals surface area contributed by atoms with Crippen LogP contribution in [0.15, 0.2) is 0 Å². The van der Waals surface area contributed by atoms with E-state index in [9.17, 15) is 9.59 Å². The van der Waals surface area contributed by atoms with Crippen molar-refractivity contribution in [3.05, 3.63) is 0 Å². The van der Waals surface area contributed by atoms with Crippen LogP contribution in [0.1, 0.15) is 59.8 Å². The second-order valence-electron chi connectivity index (χ2n) is 6.92. The van der Waals surface area contributed by atoms with E-state index in [2.05, 4.69) is 0 Å². The van der Waals surface area contributed by atoms with E-state index in [0.29, 0.717) is 13.0 Å². The highest BCUT2D eigenvalue weighted by atomic mass is 16.6. The van der Waals surface area contributed by atoms with Gasteiger partial charge in [-0.3, -0.25) is 4.79 Å². The number of rotatable bonds is 8. The van der Waals surface area contributed by atoms with Gasteiger partial charge in [0.25, 0.3) is 0 Å². The van der Waals surface area contributed by atoms with Crippen LogP contribution in [0.3, 0.4) is 0 Å². The number of methoxy groups -OCH3 is 1. The van der Waals surface area contributed by atoms with Crippen LogP contribution in [0, 0.1) is 11.3 Å². The number of hydrogen-bond donors (Lipinski definition) is 0. The van der Waals surface area contributed by atoms with E-state index in [-0.39, 0.29) is 18.5 Å². The van der Waals surface area contributed by atoms with E-state index in [4.69, 9.17) is 14.2 Å². The van der Waals surface area contributed by atoms with Gasteiger partial charge in [0.15, 0.2) is 6.61 Å². The summed E-state index contributed by atoms with van der Waals surface area (Å²) in [6.07, 6.45) is 4.44. The summed E-state index contributed by atoms with van der Waals surface area (Å²) in [6, 6.07) is 0. The second-order valence-corrected chi connectivity index (χ2v) is 6.92. The van der Waals surface area contributed by atoms with Crippen molar-refractivity contribution in [2.75, 3.05) is 20.3 Å². The first-order valence-corrected chi connectivity index (χ1v) is 8.15. The maximum Gasteiger partial charge on any atom is 0.344 e. The van der Waals surface area contributed by atoms with Gasteiger partial charge < -0.3 is 14.2 Å². The van der Waals surface area contributed by atoms with Crippen molar-refractivity contribution in [1.29, 1.82) is 0 Å².